The Morgan fingerprint density at radius 2 is 1.68 bits per heavy atom. The summed E-state index contributed by atoms with van der Waals surface area (Å²) in [5, 5.41) is 2.07. The second kappa shape index (κ2) is 10.3. The van der Waals surface area contributed by atoms with Crippen LogP contribution in [-0.2, 0) is 16.6 Å². The minimum absolute atomic E-state index is 0.0404. The zero-order chi connectivity index (χ0) is 28.0. The number of amides is 1. The van der Waals surface area contributed by atoms with Gasteiger partial charge in [-0.3, -0.25) is 14.4 Å². The van der Waals surface area contributed by atoms with Crippen molar-refractivity contribution < 1.29 is 22.7 Å². The lowest BCUT2D eigenvalue weighted by Crippen LogP contribution is -2.48. The number of aromatic nitrogens is 1. The highest BCUT2D eigenvalue weighted by Crippen LogP contribution is 2.33. The molecule has 1 fully saturated rings. The molecule has 4 aromatic carbocycles. The van der Waals surface area contributed by atoms with Crippen LogP contribution in [0.5, 0.6) is 11.5 Å². The third kappa shape index (κ3) is 5.19. The SMILES string of the molecule is O=C(c1ccc2nc(NS(=O)(=O)c3ccc4ccccc4c3)sc2c1)N1CCN(Cc2ccc3c(c2)OCO3)CC1. The van der Waals surface area contributed by atoms with Gasteiger partial charge in [0.1, 0.15) is 0 Å². The molecule has 0 radical (unpaired) electrons. The van der Waals surface area contributed by atoms with Gasteiger partial charge in [-0.15, -0.1) is 0 Å². The van der Waals surface area contributed by atoms with E-state index in [-0.39, 0.29) is 22.7 Å². The van der Waals surface area contributed by atoms with Crippen LogP contribution in [0.15, 0.2) is 83.8 Å². The lowest BCUT2D eigenvalue weighted by atomic mass is 10.1. The number of rotatable bonds is 6. The largest absolute Gasteiger partial charge is 0.454 e. The number of carbonyl (C=O) groups excluding carboxylic acids is 1. The molecule has 0 atom stereocenters. The third-order valence-electron chi connectivity index (χ3n) is 7.39. The van der Waals surface area contributed by atoms with Gasteiger partial charge in [-0.05, 0) is 58.8 Å². The molecule has 0 unspecified atom stereocenters. The summed E-state index contributed by atoms with van der Waals surface area (Å²) in [5.41, 5.74) is 2.35. The van der Waals surface area contributed by atoms with Gasteiger partial charge < -0.3 is 14.4 Å². The molecule has 0 aliphatic carbocycles. The monoisotopic (exact) mass is 586 g/mol. The molecule has 1 saturated heterocycles. The highest BCUT2D eigenvalue weighted by atomic mass is 32.2. The van der Waals surface area contributed by atoms with Crippen LogP contribution < -0.4 is 14.2 Å². The van der Waals surface area contributed by atoms with E-state index in [0.717, 1.165) is 52.2 Å². The van der Waals surface area contributed by atoms with Crippen LogP contribution in [0, 0.1) is 0 Å². The van der Waals surface area contributed by atoms with Crippen molar-refractivity contribution in [2.45, 2.75) is 11.4 Å². The number of hydrogen-bond donors (Lipinski definition) is 1. The molecule has 0 saturated carbocycles. The summed E-state index contributed by atoms with van der Waals surface area (Å²) in [6.07, 6.45) is 0. The Morgan fingerprint density at radius 3 is 2.54 bits per heavy atom. The minimum Gasteiger partial charge on any atom is -0.454 e. The third-order valence-corrected chi connectivity index (χ3v) is 9.79. The van der Waals surface area contributed by atoms with Crippen molar-refractivity contribution >= 4 is 53.4 Å². The first-order valence-electron chi connectivity index (χ1n) is 13.2. The molecule has 3 heterocycles. The van der Waals surface area contributed by atoms with E-state index in [1.807, 2.05) is 47.4 Å². The topological polar surface area (TPSA) is 101 Å². The van der Waals surface area contributed by atoms with Gasteiger partial charge in [0.2, 0.25) is 6.79 Å². The van der Waals surface area contributed by atoms with E-state index in [0.29, 0.717) is 24.2 Å². The molecule has 0 bridgehead atoms. The Hall–Kier alpha value is -4.19. The lowest BCUT2D eigenvalue weighted by Gasteiger charge is -2.34. The van der Waals surface area contributed by atoms with Gasteiger partial charge in [0.05, 0.1) is 15.1 Å². The van der Waals surface area contributed by atoms with Crippen LogP contribution in [-0.4, -0.2) is 62.1 Å². The molecular formula is C30H26N4O5S2. The zero-order valence-corrected chi connectivity index (χ0v) is 23.6. The fourth-order valence-corrected chi connectivity index (χ4v) is 7.37. The maximum absolute atomic E-state index is 13.3. The fraction of sp³-hybridized carbons (Fsp3) is 0.200. The van der Waals surface area contributed by atoms with Crippen molar-refractivity contribution in [2.24, 2.45) is 0 Å². The minimum atomic E-state index is -3.82. The Kier molecular flexibility index (Phi) is 6.49. The molecule has 2 aliphatic rings. The number of carbonyl (C=O) groups is 1. The Bertz CT molecular complexity index is 1900. The highest BCUT2D eigenvalue weighted by Gasteiger charge is 2.24. The molecule has 9 nitrogen and oxygen atoms in total. The second-order valence-corrected chi connectivity index (χ2v) is 12.8. The van der Waals surface area contributed by atoms with Crippen molar-refractivity contribution in [3.8, 4) is 11.5 Å². The predicted molar refractivity (Wildman–Crippen MR) is 158 cm³/mol. The van der Waals surface area contributed by atoms with Gasteiger partial charge in [-0.2, -0.15) is 0 Å². The van der Waals surface area contributed by atoms with Gasteiger partial charge in [-0.1, -0.05) is 47.7 Å². The van der Waals surface area contributed by atoms with Gasteiger partial charge >= 0.3 is 0 Å². The molecule has 41 heavy (non-hydrogen) atoms. The van der Waals surface area contributed by atoms with E-state index < -0.39 is 10.0 Å². The molecule has 1 aromatic heterocycles. The van der Waals surface area contributed by atoms with Crippen LogP contribution in [0.4, 0.5) is 5.13 Å². The van der Waals surface area contributed by atoms with Gasteiger partial charge in [0, 0.05) is 38.3 Å². The average Bonchev–Trinajstić information content (AvgIpc) is 3.62. The first-order chi connectivity index (χ1) is 19.9. The number of nitrogens with zero attached hydrogens (tertiary/aromatic N) is 3. The van der Waals surface area contributed by atoms with Crippen molar-refractivity contribution in [2.75, 3.05) is 37.7 Å². The van der Waals surface area contributed by atoms with Crippen LogP contribution in [0.25, 0.3) is 21.0 Å². The highest BCUT2D eigenvalue weighted by molar-refractivity contribution is 7.93. The lowest BCUT2D eigenvalue weighted by molar-refractivity contribution is 0.0628. The standard InChI is InChI=1S/C30H26N4O5S2/c35-29(34-13-11-33(12-14-34)18-20-5-10-26-27(15-20)39-19-38-26)23-7-9-25-28(17-23)40-30(31-25)32-41(36,37)24-8-6-21-3-1-2-4-22(21)16-24/h1-10,15-17H,11-14,18-19H2,(H,31,32). The number of ether oxygens (including phenoxy) is 2. The average molecular weight is 587 g/mol. The smallest absolute Gasteiger partial charge is 0.263 e. The number of anilines is 1. The number of hydrogen-bond acceptors (Lipinski definition) is 8. The van der Waals surface area contributed by atoms with Crippen LogP contribution in [0.2, 0.25) is 0 Å². The Morgan fingerprint density at radius 1 is 0.878 bits per heavy atom. The summed E-state index contributed by atoms with van der Waals surface area (Å²) in [6, 6.07) is 23.9. The van der Waals surface area contributed by atoms with E-state index >= 15 is 0 Å². The number of benzene rings is 4. The number of piperazine rings is 1. The molecule has 1 amide bonds. The molecular weight excluding hydrogens is 560 g/mol. The number of fused-ring (bicyclic) bond motifs is 3. The van der Waals surface area contributed by atoms with E-state index in [1.165, 1.54) is 11.3 Å². The predicted octanol–water partition coefficient (Wildman–Crippen LogP) is 4.94. The molecule has 1 N–H and O–H groups in total. The zero-order valence-electron chi connectivity index (χ0n) is 21.9. The van der Waals surface area contributed by atoms with Gasteiger partial charge in [0.15, 0.2) is 16.6 Å². The van der Waals surface area contributed by atoms with E-state index in [9.17, 15) is 13.2 Å². The Balaban J connectivity index is 1.01. The van der Waals surface area contributed by atoms with Crippen molar-refractivity contribution in [3.05, 3.63) is 90.0 Å². The second-order valence-electron chi connectivity index (χ2n) is 10.1. The maximum atomic E-state index is 13.3. The fourth-order valence-electron chi connectivity index (χ4n) is 5.20. The number of nitrogens with one attached hydrogen (secondary N) is 1. The Labute approximate surface area is 241 Å². The maximum Gasteiger partial charge on any atom is 0.263 e. The van der Waals surface area contributed by atoms with Gasteiger partial charge in [-0.25, -0.2) is 13.4 Å². The summed E-state index contributed by atoms with van der Waals surface area (Å²) in [6.45, 7) is 3.83. The first kappa shape index (κ1) is 25.8. The van der Waals surface area contributed by atoms with Gasteiger partial charge in [0.25, 0.3) is 15.9 Å². The molecule has 7 rings (SSSR count). The quantitative estimate of drug-likeness (QED) is 0.301. The van der Waals surface area contributed by atoms with Crippen LogP contribution >= 0.6 is 11.3 Å². The van der Waals surface area contributed by atoms with Crippen molar-refractivity contribution in [3.63, 3.8) is 0 Å². The van der Waals surface area contributed by atoms with E-state index in [2.05, 4.69) is 14.6 Å². The van der Waals surface area contributed by atoms with Crippen LogP contribution in [0.1, 0.15) is 15.9 Å². The molecule has 0 spiro atoms. The first-order valence-corrected chi connectivity index (χ1v) is 15.5. The summed E-state index contributed by atoms with van der Waals surface area (Å²) in [5.74, 6) is 1.51. The molecule has 208 valence electrons. The molecule has 11 heteroatoms. The number of sulfonamides is 1. The summed E-state index contributed by atoms with van der Waals surface area (Å²) in [7, 11) is -3.82. The molecule has 5 aromatic rings. The number of thiazole rings is 1. The summed E-state index contributed by atoms with van der Waals surface area (Å²) >= 11 is 1.21. The van der Waals surface area contributed by atoms with Crippen LogP contribution in [0.3, 0.4) is 0 Å². The van der Waals surface area contributed by atoms with E-state index in [4.69, 9.17) is 9.47 Å². The normalized spacial score (nSPS) is 15.5. The molecule has 2 aliphatic heterocycles. The van der Waals surface area contributed by atoms with Crippen molar-refractivity contribution in [1.82, 2.24) is 14.8 Å². The summed E-state index contributed by atoms with van der Waals surface area (Å²) < 4.78 is 40.4. The van der Waals surface area contributed by atoms with Crippen molar-refractivity contribution in [1.29, 1.82) is 0 Å². The summed E-state index contributed by atoms with van der Waals surface area (Å²) in [4.78, 5) is 22.1. The van der Waals surface area contributed by atoms with E-state index in [1.54, 1.807) is 36.4 Å².